The molecule has 4 nitrogen and oxygen atoms in total. The minimum absolute atomic E-state index is 0.167. The molecule has 0 saturated carbocycles. The summed E-state index contributed by atoms with van der Waals surface area (Å²) in [4.78, 5) is 12.2. The summed E-state index contributed by atoms with van der Waals surface area (Å²) in [5.41, 5.74) is 0. The van der Waals surface area contributed by atoms with Crippen molar-refractivity contribution in [2.24, 2.45) is 0 Å². The Balaban J connectivity index is 3.36. The fraction of sp³-hybridized carbons (Fsp3) is 0.894. The number of unbranched alkanes of at least 4 members (excludes halogenated alkanes) is 31. The Hall–Kier alpha value is -1.13. The zero-order valence-electron chi connectivity index (χ0n) is 34.6. The van der Waals surface area contributed by atoms with Gasteiger partial charge in [0.1, 0.15) is 6.10 Å². The fourth-order valence-electron chi connectivity index (χ4n) is 6.83. The van der Waals surface area contributed by atoms with Crippen molar-refractivity contribution in [2.75, 3.05) is 19.8 Å². The minimum Gasteiger partial charge on any atom is -0.457 e. The first kappa shape index (κ1) is 49.9. The Labute approximate surface area is 319 Å². The van der Waals surface area contributed by atoms with Crippen molar-refractivity contribution in [2.45, 2.75) is 251 Å². The van der Waals surface area contributed by atoms with Gasteiger partial charge in [-0.05, 0) is 44.9 Å². The van der Waals surface area contributed by atoms with E-state index in [0.717, 1.165) is 25.7 Å². The van der Waals surface area contributed by atoms with E-state index in [-0.39, 0.29) is 12.6 Å². The van der Waals surface area contributed by atoms with Crippen molar-refractivity contribution in [3.63, 3.8) is 0 Å². The van der Waals surface area contributed by atoms with Crippen LogP contribution in [0.3, 0.4) is 0 Å². The van der Waals surface area contributed by atoms with Crippen LogP contribution in [0, 0.1) is 0 Å². The van der Waals surface area contributed by atoms with Crippen LogP contribution in [0.5, 0.6) is 0 Å². The van der Waals surface area contributed by atoms with E-state index in [1.807, 2.05) is 0 Å². The van der Waals surface area contributed by atoms with Crippen LogP contribution >= 0.6 is 0 Å². The highest BCUT2D eigenvalue weighted by atomic mass is 16.6. The number of aliphatic hydroxyl groups is 1. The third kappa shape index (κ3) is 43.2. The number of allylic oxidation sites excluding steroid dienone is 4. The number of hydrogen-bond donors (Lipinski definition) is 1. The van der Waals surface area contributed by atoms with Gasteiger partial charge in [-0.2, -0.15) is 0 Å². The Morgan fingerprint density at radius 2 is 0.824 bits per heavy atom. The first-order valence-corrected chi connectivity index (χ1v) is 22.9. The molecule has 4 heteroatoms. The van der Waals surface area contributed by atoms with E-state index in [0.29, 0.717) is 19.6 Å². The Morgan fingerprint density at radius 3 is 1.22 bits per heavy atom. The van der Waals surface area contributed by atoms with Gasteiger partial charge in [0, 0.05) is 13.0 Å². The first-order chi connectivity index (χ1) is 25.2. The van der Waals surface area contributed by atoms with Gasteiger partial charge in [-0.15, -0.1) is 0 Å². The maximum atomic E-state index is 12.2. The van der Waals surface area contributed by atoms with E-state index in [2.05, 4.69) is 38.2 Å². The molecule has 0 aromatic carbocycles. The SMILES string of the molecule is CCCCCCC/C=C\C/C=C\CCCCCCCCCCCCCCCCOCC(CO)OC(=O)CCCCCCCCCCCCCCC. The van der Waals surface area contributed by atoms with Gasteiger partial charge in [-0.3, -0.25) is 4.79 Å². The zero-order chi connectivity index (χ0) is 37.0. The van der Waals surface area contributed by atoms with Crippen LogP contribution in [0.25, 0.3) is 0 Å². The molecule has 302 valence electrons. The first-order valence-electron chi connectivity index (χ1n) is 22.9. The molecular formula is C47H90O4. The van der Waals surface area contributed by atoms with E-state index < -0.39 is 6.10 Å². The van der Waals surface area contributed by atoms with E-state index in [1.165, 1.54) is 199 Å². The predicted molar refractivity (Wildman–Crippen MR) is 224 cm³/mol. The molecule has 1 unspecified atom stereocenters. The average Bonchev–Trinajstić information content (AvgIpc) is 3.14. The lowest BCUT2D eigenvalue weighted by Crippen LogP contribution is -2.27. The lowest BCUT2D eigenvalue weighted by Gasteiger charge is -2.16. The molecule has 0 saturated heterocycles. The molecule has 0 heterocycles. The lowest BCUT2D eigenvalue weighted by molar-refractivity contribution is -0.154. The molecule has 0 radical (unpaired) electrons. The summed E-state index contributed by atoms with van der Waals surface area (Å²) in [7, 11) is 0. The lowest BCUT2D eigenvalue weighted by atomic mass is 10.0. The van der Waals surface area contributed by atoms with Crippen LogP contribution in [-0.4, -0.2) is 37.0 Å². The maximum Gasteiger partial charge on any atom is 0.306 e. The Bertz CT molecular complexity index is 717. The normalized spacial score (nSPS) is 12.5. The summed E-state index contributed by atoms with van der Waals surface area (Å²) >= 11 is 0. The Morgan fingerprint density at radius 1 is 0.471 bits per heavy atom. The van der Waals surface area contributed by atoms with E-state index in [1.54, 1.807) is 0 Å². The zero-order valence-corrected chi connectivity index (χ0v) is 34.6. The number of aliphatic hydroxyl groups excluding tert-OH is 1. The quantitative estimate of drug-likeness (QED) is 0.0387. The second-order valence-electron chi connectivity index (χ2n) is 15.5. The van der Waals surface area contributed by atoms with Crippen molar-refractivity contribution in [3.05, 3.63) is 24.3 Å². The molecule has 0 bridgehead atoms. The van der Waals surface area contributed by atoms with E-state index in [4.69, 9.17) is 9.47 Å². The summed E-state index contributed by atoms with van der Waals surface area (Å²) < 4.78 is 11.2. The Kier molecular flexibility index (Phi) is 44.0. The molecule has 0 amide bonds. The predicted octanol–water partition coefficient (Wildman–Crippen LogP) is 15.1. The summed E-state index contributed by atoms with van der Waals surface area (Å²) in [6, 6.07) is 0. The van der Waals surface area contributed by atoms with Crippen molar-refractivity contribution in [1.82, 2.24) is 0 Å². The average molecular weight is 719 g/mol. The van der Waals surface area contributed by atoms with Crippen LogP contribution in [0.2, 0.25) is 0 Å². The number of hydrogen-bond acceptors (Lipinski definition) is 4. The molecule has 0 aromatic heterocycles. The fourth-order valence-corrected chi connectivity index (χ4v) is 6.83. The second kappa shape index (κ2) is 45.0. The maximum absolute atomic E-state index is 12.2. The van der Waals surface area contributed by atoms with Crippen LogP contribution in [0.1, 0.15) is 245 Å². The van der Waals surface area contributed by atoms with E-state index in [9.17, 15) is 9.90 Å². The van der Waals surface area contributed by atoms with Gasteiger partial charge in [0.25, 0.3) is 0 Å². The highest BCUT2D eigenvalue weighted by Gasteiger charge is 2.13. The van der Waals surface area contributed by atoms with Gasteiger partial charge in [0.05, 0.1) is 13.2 Å². The van der Waals surface area contributed by atoms with Crippen molar-refractivity contribution < 1.29 is 19.4 Å². The van der Waals surface area contributed by atoms with Crippen molar-refractivity contribution in [3.8, 4) is 0 Å². The highest BCUT2D eigenvalue weighted by Crippen LogP contribution is 2.15. The van der Waals surface area contributed by atoms with Crippen LogP contribution in [0.15, 0.2) is 24.3 Å². The standard InChI is InChI=1S/C47H90O4/c1-3-5-7-9-11-13-15-17-18-19-20-21-22-23-24-25-26-27-28-29-31-33-35-37-39-41-43-50-45-46(44-48)51-47(49)42-40-38-36-34-32-30-16-14-12-10-8-6-4-2/h15,17,19-20,46,48H,3-14,16,18,21-45H2,1-2H3/b17-15-,20-19-. The third-order valence-electron chi connectivity index (χ3n) is 10.3. The topological polar surface area (TPSA) is 55.8 Å². The van der Waals surface area contributed by atoms with Gasteiger partial charge in [-0.25, -0.2) is 0 Å². The molecule has 0 aliphatic carbocycles. The molecule has 0 rings (SSSR count). The van der Waals surface area contributed by atoms with Crippen LogP contribution in [-0.2, 0) is 14.3 Å². The van der Waals surface area contributed by atoms with Crippen molar-refractivity contribution >= 4 is 5.97 Å². The van der Waals surface area contributed by atoms with Crippen LogP contribution in [0.4, 0.5) is 0 Å². The molecule has 1 N–H and O–H groups in total. The monoisotopic (exact) mass is 719 g/mol. The van der Waals surface area contributed by atoms with Gasteiger partial charge in [-0.1, -0.05) is 218 Å². The highest BCUT2D eigenvalue weighted by molar-refractivity contribution is 5.69. The molecule has 0 aromatic rings. The second-order valence-corrected chi connectivity index (χ2v) is 15.5. The molecule has 0 aliphatic rings. The summed E-state index contributed by atoms with van der Waals surface area (Å²) in [6.45, 7) is 5.37. The molecule has 0 fully saturated rings. The number of esters is 1. The van der Waals surface area contributed by atoms with Gasteiger partial charge in [0.2, 0.25) is 0 Å². The minimum atomic E-state index is -0.529. The number of rotatable bonds is 43. The third-order valence-corrected chi connectivity index (χ3v) is 10.3. The largest absolute Gasteiger partial charge is 0.457 e. The van der Waals surface area contributed by atoms with Crippen molar-refractivity contribution in [1.29, 1.82) is 0 Å². The molecule has 0 aliphatic heterocycles. The van der Waals surface area contributed by atoms with E-state index >= 15 is 0 Å². The molecular weight excluding hydrogens is 629 g/mol. The van der Waals surface area contributed by atoms with Gasteiger partial charge >= 0.3 is 5.97 Å². The summed E-state index contributed by atoms with van der Waals surface area (Å²) in [6.07, 6.45) is 55.4. The van der Waals surface area contributed by atoms with Gasteiger partial charge < -0.3 is 14.6 Å². The van der Waals surface area contributed by atoms with Crippen LogP contribution < -0.4 is 0 Å². The number of ether oxygens (including phenoxy) is 2. The molecule has 1 atom stereocenters. The number of carbonyl (C=O) groups excluding carboxylic acids is 1. The number of carbonyl (C=O) groups is 1. The molecule has 51 heavy (non-hydrogen) atoms. The summed E-state index contributed by atoms with van der Waals surface area (Å²) in [5.74, 6) is -0.197. The summed E-state index contributed by atoms with van der Waals surface area (Å²) in [5, 5.41) is 9.60. The molecule has 0 spiro atoms. The van der Waals surface area contributed by atoms with Gasteiger partial charge in [0.15, 0.2) is 0 Å². The smallest absolute Gasteiger partial charge is 0.306 e.